The second-order valence-corrected chi connectivity index (χ2v) is 4.09. The molecule has 1 unspecified atom stereocenters. The average Bonchev–Trinajstić information content (AvgIpc) is 2.05. The third kappa shape index (κ3) is 8.28. The highest BCUT2D eigenvalue weighted by Crippen LogP contribution is 2.13. The Labute approximate surface area is 89.2 Å². The topological polar surface area (TPSA) is 26.3 Å². The molecule has 0 bridgehead atoms. The molecule has 0 aromatic heterocycles. The molecule has 0 aliphatic rings. The van der Waals surface area contributed by atoms with E-state index in [0.717, 1.165) is 11.8 Å². The van der Waals surface area contributed by atoms with Crippen molar-refractivity contribution in [3.63, 3.8) is 0 Å². The molecule has 78 valence electrons. The van der Waals surface area contributed by atoms with E-state index in [4.69, 9.17) is 4.74 Å². The summed E-state index contributed by atoms with van der Waals surface area (Å²) in [6.45, 7) is 4.44. The zero-order valence-corrected chi connectivity index (χ0v) is 10.1. The molecule has 0 rings (SSSR count). The lowest BCUT2D eigenvalue weighted by molar-refractivity contribution is -0.144. The minimum Gasteiger partial charge on any atom is -0.466 e. The van der Waals surface area contributed by atoms with E-state index in [9.17, 15) is 4.79 Å². The summed E-state index contributed by atoms with van der Waals surface area (Å²) >= 11 is 3.38. The predicted octanol–water partition coefficient (Wildman–Crippen LogP) is 3.14. The Kier molecular flexibility index (Phi) is 8.51. The molecular formula is C10H19BrO2. The monoisotopic (exact) mass is 250 g/mol. The average molecular weight is 251 g/mol. The normalized spacial score (nSPS) is 12.5. The van der Waals surface area contributed by atoms with Crippen LogP contribution in [0.1, 0.15) is 39.5 Å². The quantitative estimate of drug-likeness (QED) is 0.394. The van der Waals surface area contributed by atoms with E-state index >= 15 is 0 Å². The molecule has 0 spiro atoms. The van der Waals surface area contributed by atoms with Crippen molar-refractivity contribution >= 4 is 21.9 Å². The Hall–Kier alpha value is -0.0500. The van der Waals surface area contributed by atoms with E-state index in [0.29, 0.717) is 18.9 Å². The number of rotatable bonds is 7. The Morgan fingerprint density at radius 2 is 2.15 bits per heavy atom. The van der Waals surface area contributed by atoms with E-state index < -0.39 is 0 Å². The van der Waals surface area contributed by atoms with Crippen molar-refractivity contribution in [2.45, 2.75) is 39.5 Å². The van der Waals surface area contributed by atoms with Gasteiger partial charge in [-0.25, -0.2) is 0 Å². The lowest BCUT2D eigenvalue weighted by Crippen LogP contribution is -2.09. The first-order valence-corrected chi connectivity index (χ1v) is 6.04. The van der Waals surface area contributed by atoms with Crippen LogP contribution >= 0.6 is 15.9 Å². The van der Waals surface area contributed by atoms with Crippen LogP contribution < -0.4 is 0 Å². The predicted molar refractivity (Wildman–Crippen MR) is 58.1 cm³/mol. The zero-order chi connectivity index (χ0) is 10.1. The molecule has 0 saturated carbocycles. The fourth-order valence-corrected chi connectivity index (χ4v) is 1.59. The highest BCUT2D eigenvalue weighted by Gasteiger charge is 2.08. The number of carbonyl (C=O) groups is 1. The summed E-state index contributed by atoms with van der Waals surface area (Å²) in [4.78, 5) is 11.1. The first kappa shape index (κ1) is 12.9. The van der Waals surface area contributed by atoms with Gasteiger partial charge in [0.15, 0.2) is 0 Å². The van der Waals surface area contributed by atoms with Crippen LogP contribution in [-0.2, 0) is 9.53 Å². The molecule has 0 radical (unpaired) electrons. The molecule has 0 aromatic carbocycles. The second kappa shape index (κ2) is 8.54. The van der Waals surface area contributed by atoms with Crippen molar-refractivity contribution in [1.82, 2.24) is 0 Å². The zero-order valence-electron chi connectivity index (χ0n) is 8.51. The number of carbonyl (C=O) groups excluding carboxylic acids is 1. The van der Waals surface area contributed by atoms with Crippen LogP contribution in [0.15, 0.2) is 0 Å². The summed E-state index contributed by atoms with van der Waals surface area (Å²) in [7, 11) is 0. The molecule has 0 N–H and O–H groups in total. The molecule has 2 nitrogen and oxygen atoms in total. The summed E-state index contributed by atoms with van der Waals surface area (Å²) in [5.74, 6) is 0.395. The van der Waals surface area contributed by atoms with Crippen molar-refractivity contribution in [2.24, 2.45) is 5.92 Å². The molecule has 0 fully saturated rings. The van der Waals surface area contributed by atoms with Crippen LogP contribution in [0.25, 0.3) is 0 Å². The minimum atomic E-state index is -0.0613. The number of alkyl halides is 1. The van der Waals surface area contributed by atoms with Gasteiger partial charge in [-0.05, 0) is 19.3 Å². The number of ether oxygens (including phenoxy) is 1. The molecule has 0 heterocycles. The van der Waals surface area contributed by atoms with Gasteiger partial charge in [0.2, 0.25) is 0 Å². The molecule has 0 aromatic rings. The Morgan fingerprint density at radius 1 is 1.46 bits per heavy atom. The van der Waals surface area contributed by atoms with Crippen LogP contribution in [0.3, 0.4) is 0 Å². The van der Waals surface area contributed by atoms with Crippen molar-refractivity contribution in [3.8, 4) is 0 Å². The summed E-state index contributed by atoms with van der Waals surface area (Å²) in [6, 6.07) is 0. The molecule has 1 atom stereocenters. The smallest absolute Gasteiger partial charge is 0.306 e. The standard InChI is InChI=1S/C10H19BrO2/c1-3-13-10(12)8-9(2)6-4-5-7-11/h9H,3-8H2,1-2H3. The number of hydrogen-bond acceptors (Lipinski definition) is 2. The van der Waals surface area contributed by atoms with E-state index in [-0.39, 0.29) is 5.97 Å². The van der Waals surface area contributed by atoms with Crippen molar-refractivity contribution in [3.05, 3.63) is 0 Å². The molecule has 0 aliphatic carbocycles. The Balaban J connectivity index is 3.38. The molecule has 13 heavy (non-hydrogen) atoms. The summed E-state index contributed by atoms with van der Waals surface area (Å²) in [5.41, 5.74) is 0. The van der Waals surface area contributed by atoms with Gasteiger partial charge in [0.05, 0.1) is 6.61 Å². The maximum Gasteiger partial charge on any atom is 0.306 e. The van der Waals surface area contributed by atoms with Gasteiger partial charge in [-0.3, -0.25) is 4.79 Å². The maximum atomic E-state index is 11.1. The summed E-state index contributed by atoms with van der Waals surface area (Å²) in [6.07, 6.45) is 4.06. The summed E-state index contributed by atoms with van der Waals surface area (Å²) < 4.78 is 4.87. The van der Waals surface area contributed by atoms with Gasteiger partial charge >= 0.3 is 5.97 Å². The number of halogens is 1. The molecular weight excluding hydrogens is 232 g/mol. The van der Waals surface area contributed by atoms with E-state index in [1.165, 1.54) is 12.8 Å². The minimum absolute atomic E-state index is 0.0613. The van der Waals surface area contributed by atoms with Crippen LogP contribution in [0, 0.1) is 5.92 Å². The van der Waals surface area contributed by atoms with Crippen molar-refractivity contribution in [1.29, 1.82) is 0 Å². The number of unbranched alkanes of at least 4 members (excludes halogenated alkanes) is 1. The highest BCUT2D eigenvalue weighted by molar-refractivity contribution is 9.09. The second-order valence-electron chi connectivity index (χ2n) is 3.30. The maximum absolute atomic E-state index is 11.1. The first-order chi connectivity index (χ1) is 6.20. The van der Waals surface area contributed by atoms with Gasteiger partial charge in [-0.15, -0.1) is 0 Å². The SMILES string of the molecule is CCOC(=O)CC(C)CCCCBr. The number of esters is 1. The third-order valence-electron chi connectivity index (χ3n) is 1.90. The number of hydrogen-bond donors (Lipinski definition) is 0. The molecule has 0 saturated heterocycles. The van der Waals surface area contributed by atoms with E-state index in [1.54, 1.807) is 0 Å². The Morgan fingerprint density at radius 3 is 2.69 bits per heavy atom. The Bertz CT molecular complexity index is 137. The fraction of sp³-hybridized carbons (Fsp3) is 0.900. The van der Waals surface area contributed by atoms with Gasteiger partial charge < -0.3 is 4.74 Å². The van der Waals surface area contributed by atoms with E-state index in [1.807, 2.05) is 6.92 Å². The lowest BCUT2D eigenvalue weighted by Gasteiger charge is -2.09. The van der Waals surface area contributed by atoms with Gasteiger partial charge in [-0.2, -0.15) is 0 Å². The van der Waals surface area contributed by atoms with Crippen LogP contribution in [0.5, 0.6) is 0 Å². The van der Waals surface area contributed by atoms with Crippen molar-refractivity contribution in [2.75, 3.05) is 11.9 Å². The van der Waals surface area contributed by atoms with Gasteiger partial charge in [0, 0.05) is 11.8 Å². The van der Waals surface area contributed by atoms with Crippen LogP contribution in [-0.4, -0.2) is 17.9 Å². The highest BCUT2D eigenvalue weighted by atomic mass is 79.9. The van der Waals surface area contributed by atoms with Crippen LogP contribution in [0.2, 0.25) is 0 Å². The van der Waals surface area contributed by atoms with Crippen LogP contribution in [0.4, 0.5) is 0 Å². The van der Waals surface area contributed by atoms with Crippen molar-refractivity contribution < 1.29 is 9.53 Å². The van der Waals surface area contributed by atoms with Gasteiger partial charge in [-0.1, -0.05) is 35.7 Å². The van der Waals surface area contributed by atoms with Gasteiger partial charge in [0.1, 0.15) is 0 Å². The molecule has 0 amide bonds. The molecule has 3 heteroatoms. The largest absolute Gasteiger partial charge is 0.466 e. The lowest BCUT2D eigenvalue weighted by atomic mass is 10.0. The fourth-order valence-electron chi connectivity index (χ4n) is 1.19. The van der Waals surface area contributed by atoms with Gasteiger partial charge in [0.25, 0.3) is 0 Å². The molecule has 0 aliphatic heterocycles. The first-order valence-electron chi connectivity index (χ1n) is 4.92. The van der Waals surface area contributed by atoms with E-state index in [2.05, 4.69) is 22.9 Å². The third-order valence-corrected chi connectivity index (χ3v) is 2.46. The summed E-state index contributed by atoms with van der Waals surface area (Å²) in [5, 5.41) is 1.05.